The number of nitrogens with zero attached hydrogens (tertiary/aromatic N) is 4. The number of carbonyl (C=O) groups is 1. The summed E-state index contributed by atoms with van der Waals surface area (Å²) in [4.78, 5) is 17.8. The van der Waals surface area contributed by atoms with Crippen molar-refractivity contribution in [2.75, 3.05) is 18.9 Å². The van der Waals surface area contributed by atoms with Crippen LogP contribution in [0.5, 0.6) is 5.75 Å². The van der Waals surface area contributed by atoms with Crippen molar-refractivity contribution in [1.29, 1.82) is 0 Å². The number of anilines is 1. The SMILES string of the molecule is Cn1ncc2c(N)nc3cc(F)c(C(=O)N(CC(F)(F)F)[C@@H]4COc5cc(C(F)(F)F)ccc54)cc3c21. The Morgan fingerprint density at radius 1 is 1.16 bits per heavy atom. The molecule has 0 fully saturated rings. The molecule has 1 atom stereocenters. The number of aromatic nitrogens is 3. The van der Waals surface area contributed by atoms with Gasteiger partial charge in [-0.05, 0) is 18.2 Å². The molecule has 5 rings (SSSR count). The van der Waals surface area contributed by atoms with Crippen LogP contribution in [0.3, 0.4) is 0 Å². The Balaban J connectivity index is 1.62. The second-order valence-corrected chi connectivity index (χ2v) is 8.50. The van der Waals surface area contributed by atoms with E-state index in [1.54, 1.807) is 7.05 Å². The topological polar surface area (TPSA) is 86.3 Å². The number of hydrogen-bond acceptors (Lipinski definition) is 5. The summed E-state index contributed by atoms with van der Waals surface area (Å²) >= 11 is 0. The van der Waals surface area contributed by atoms with E-state index in [0.29, 0.717) is 27.9 Å². The summed E-state index contributed by atoms with van der Waals surface area (Å²) in [5.41, 5.74) is 4.52. The molecule has 194 valence electrons. The molecule has 0 unspecified atom stereocenters. The molecule has 0 bridgehead atoms. The number of rotatable bonds is 3. The summed E-state index contributed by atoms with van der Waals surface area (Å²) in [6, 6.07) is 2.82. The Bertz CT molecular complexity index is 1560. The van der Waals surface area contributed by atoms with Crippen LogP contribution < -0.4 is 10.5 Å². The third kappa shape index (κ3) is 4.25. The van der Waals surface area contributed by atoms with Crippen molar-refractivity contribution in [3.63, 3.8) is 0 Å². The van der Waals surface area contributed by atoms with Gasteiger partial charge in [-0.3, -0.25) is 9.48 Å². The van der Waals surface area contributed by atoms with Crippen molar-refractivity contribution in [3.05, 3.63) is 59.0 Å². The highest BCUT2D eigenvalue weighted by atomic mass is 19.4. The van der Waals surface area contributed by atoms with Crippen LogP contribution in [0.1, 0.15) is 27.5 Å². The van der Waals surface area contributed by atoms with E-state index in [0.717, 1.165) is 18.2 Å². The minimum absolute atomic E-state index is 0.0470. The number of pyridine rings is 1. The van der Waals surface area contributed by atoms with E-state index in [4.69, 9.17) is 10.5 Å². The maximum absolute atomic E-state index is 15.1. The van der Waals surface area contributed by atoms with Crippen LogP contribution in [0.4, 0.5) is 36.6 Å². The second kappa shape index (κ2) is 8.21. The van der Waals surface area contributed by atoms with Gasteiger partial charge in [-0.15, -0.1) is 0 Å². The Kier molecular flexibility index (Phi) is 5.46. The maximum atomic E-state index is 15.1. The molecule has 4 aromatic rings. The van der Waals surface area contributed by atoms with E-state index in [9.17, 15) is 31.1 Å². The lowest BCUT2D eigenvalue weighted by atomic mass is 10.0. The Morgan fingerprint density at radius 3 is 2.57 bits per heavy atom. The number of amides is 1. The van der Waals surface area contributed by atoms with Gasteiger partial charge in [-0.1, -0.05) is 6.07 Å². The summed E-state index contributed by atoms with van der Waals surface area (Å²) in [5, 5.41) is 4.68. The summed E-state index contributed by atoms with van der Waals surface area (Å²) in [7, 11) is 1.56. The molecule has 0 saturated carbocycles. The number of fused-ring (bicyclic) bond motifs is 4. The molecule has 14 heteroatoms. The van der Waals surface area contributed by atoms with Gasteiger partial charge in [0.2, 0.25) is 0 Å². The molecule has 3 heterocycles. The lowest BCUT2D eigenvalue weighted by Gasteiger charge is -2.29. The van der Waals surface area contributed by atoms with Crippen LogP contribution in [-0.4, -0.2) is 44.9 Å². The zero-order valence-electron chi connectivity index (χ0n) is 18.8. The summed E-state index contributed by atoms with van der Waals surface area (Å²) in [5.74, 6) is -2.74. The van der Waals surface area contributed by atoms with Gasteiger partial charge in [-0.25, -0.2) is 9.37 Å². The summed E-state index contributed by atoms with van der Waals surface area (Å²) < 4.78 is 102. The van der Waals surface area contributed by atoms with Crippen molar-refractivity contribution >= 4 is 33.5 Å². The average Bonchev–Trinajstić information content (AvgIpc) is 3.39. The van der Waals surface area contributed by atoms with Gasteiger partial charge in [0, 0.05) is 24.1 Å². The number of aryl methyl sites for hydroxylation is 1. The fourth-order valence-corrected chi connectivity index (χ4v) is 4.44. The first-order valence-corrected chi connectivity index (χ1v) is 10.7. The molecule has 2 N–H and O–H groups in total. The largest absolute Gasteiger partial charge is 0.491 e. The van der Waals surface area contributed by atoms with Crippen molar-refractivity contribution in [3.8, 4) is 5.75 Å². The molecule has 37 heavy (non-hydrogen) atoms. The molecule has 2 aromatic heterocycles. The standard InChI is InChI=1S/C23H16F7N5O2/c1-34-19-13-5-12(15(24)6-16(13)33-20(31)14(19)7-32-34)21(36)35(9-22(25,26)27)17-8-37-18-4-10(23(28,29)30)2-3-11(17)18/h2-7,17H,8-9H2,1H3,(H2,31,33)/t17-/m1/s1. The lowest BCUT2D eigenvalue weighted by molar-refractivity contribution is -0.145. The van der Waals surface area contributed by atoms with E-state index in [1.165, 1.54) is 10.9 Å². The molecule has 0 radical (unpaired) electrons. The van der Waals surface area contributed by atoms with Crippen molar-refractivity contribution in [1.82, 2.24) is 19.7 Å². The minimum Gasteiger partial charge on any atom is -0.491 e. The minimum atomic E-state index is -4.90. The molecular weight excluding hydrogens is 511 g/mol. The Morgan fingerprint density at radius 2 is 1.89 bits per heavy atom. The molecular formula is C23H16F7N5O2. The van der Waals surface area contributed by atoms with Gasteiger partial charge in [-0.2, -0.15) is 31.4 Å². The van der Waals surface area contributed by atoms with E-state index >= 15 is 4.39 Å². The van der Waals surface area contributed by atoms with Gasteiger partial charge in [0.15, 0.2) is 0 Å². The molecule has 0 saturated heterocycles. The fraction of sp³-hybridized carbons (Fsp3) is 0.261. The fourth-order valence-electron chi connectivity index (χ4n) is 4.44. The molecule has 7 nitrogen and oxygen atoms in total. The van der Waals surface area contributed by atoms with E-state index in [1.807, 2.05) is 0 Å². The highest BCUT2D eigenvalue weighted by Gasteiger charge is 2.42. The van der Waals surface area contributed by atoms with Crippen molar-refractivity contribution in [2.45, 2.75) is 18.4 Å². The zero-order valence-corrected chi connectivity index (χ0v) is 18.8. The first kappa shape index (κ1) is 24.6. The predicted molar refractivity (Wildman–Crippen MR) is 117 cm³/mol. The van der Waals surface area contributed by atoms with Crippen LogP contribution in [0.15, 0.2) is 36.5 Å². The number of benzene rings is 2. The molecule has 1 amide bonds. The van der Waals surface area contributed by atoms with Crippen molar-refractivity contribution < 1.29 is 40.3 Å². The van der Waals surface area contributed by atoms with E-state index < -0.39 is 54.4 Å². The molecule has 0 aliphatic carbocycles. The highest BCUT2D eigenvalue weighted by Crippen LogP contribution is 2.42. The third-order valence-corrected chi connectivity index (χ3v) is 6.11. The van der Waals surface area contributed by atoms with E-state index in [2.05, 4.69) is 10.1 Å². The van der Waals surface area contributed by atoms with Crippen LogP contribution in [0, 0.1) is 5.82 Å². The Labute approximate surface area is 203 Å². The summed E-state index contributed by atoms with van der Waals surface area (Å²) in [6.07, 6.45) is -8.20. The van der Waals surface area contributed by atoms with Crippen LogP contribution >= 0.6 is 0 Å². The highest BCUT2D eigenvalue weighted by molar-refractivity contribution is 6.10. The number of carbonyl (C=O) groups excluding carboxylic acids is 1. The number of hydrogen-bond donors (Lipinski definition) is 1. The number of nitrogen functional groups attached to an aromatic ring is 1. The predicted octanol–water partition coefficient (Wildman–Crippen LogP) is 5.00. The molecule has 2 aromatic carbocycles. The van der Waals surface area contributed by atoms with E-state index in [-0.39, 0.29) is 28.0 Å². The number of ether oxygens (including phenoxy) is 1. The summed E-state index contributed by atoms with van der Waals surface area (Å²) in [6.45, 7) is -2.34. The van der Waals surface area contributed by atoms with Gasteiger partial charge < -0.3 is 15.4 Å². The normalized spacial score (nSPS) is 15.7. The van der Waals surface area contributed by atoms with Crippen LogP contribution in [-0.2, 0) is 13.2 Å². The molecule has 0 spiro atoms. The van der Waals surface area contributed by atoms with Gasteiger partial charge >= 0.3 is 12.4 Å². The lowest BCUT2D eigenvalue weighted by Crippen LogP contribution is -2.42. The number of nitrogens with two attached hydrogens (primary N) is 1. The van der Waals surface area contributed by atoms with Crippen LogP contribution in [0.25, 0.3) is 21.8 Å². The average molecular weight is 527 g/mol. The number of alkyl halides is 6. The monoisotopic (exact) mass is 527 g/mol. The smallest absolute Gasteiger partial charge is 0.416 e. The first-order chi connectivity index (χ1) is 17.2. The zero-order chi connectivity index (χ0) is 26.9. The quantitative estimate of drug-likeness (QED) is 0.379. The van der Waals surface area contributed by atoms with Gasteiger partial charge in [0.25, 0.3) is 5.91 Å². The van der Waals surface area contributed by atoms with Crippen molar-refractivity contribution in [2.24, 2.45) is 7.05 Å². The second-order valence-electron chi connectivity index (χ2n) is 8.50. The first-order valence-electron chi connectivity index (χ1n) is 10.7. The third-order valence-electron chi connectivity index (χ3n) is 6.11. The maximum Gasteiger partial charge on any atom is 0.416 e. The van der Waals surface area contributed by atoms with Gasteiger partial charge in [0.05, 0.1) is 39.8 Å². The van der Waals surface area contributed by atoms with Gasteiger partial charge in [0.1, 0.15) is 30.5 Å². The Hall–Kier alpha value is -4.10. The number of halogens is 7. The molecule has 1 aliphatic heterocycles. The van der Waals surface area contributed by atoms with Crippen LogP contribution in [0.2, 0.25) is 0 Å². The molecule has 1 aliphatic rings.